The smallest absolute Gasteiger partial charge is 0.328 e. The van der Waals surface area contributed by atoms with E-state index in [1.807, 2.05) is 24.4 Å². The minimum atomic E-state index is -1.08. The van der Waals surface area contributed by atoms with Gasteiger partial charge in [0.15, 0.2) is 5.78 Å². The number of aromatic nitrogens is 1. The SMILES string of the molecule is CC(=O)N[C@@H](Cc1c[nH]c2c(C(C)C)cccc12)C(=O)N[C@@H](CCC(=O)C=N)C(=O)OC(C)C. The highest BCUT2D eigenvalue weighted by Gasteiger charge is 2.29. The minimum absolute atomic E-state index is 0.0108. The van der Waals surface area contributed by atoms with E-state index in [1.165, 1.54) is 6.92 Å². The number of carbonyl (C=O) groups excluding carboxylic acids is 4. The quantitative estimate of drug-likeness (QED) is 0.279. The lowest BCUT2D eigenvalue weighted by Gasteiger charge is -2.23. The number of hydrogen-bond acceptors (Lipinski definition) is 6. The Hall–Kier alpha value is -3.49. The lowest BCUT2D eigenvalue weighted by Crippen LogP contribution is -2.52. The average Bonchev–Trinajstić information content (AvgIpc) is 3.17. The van der Waals surface area contributed by atoms with Gasteiger partial charge in [-0.2, -0.15) is 0 Å². The standard InChI is InChI=1S/C25H34N4O5/c1-14(2)19-7-6-8-20-17(13-27-23(19)20)11-22(28-16(5)30)24(32)29-21(10-9-18(31)12-26)25(33)34-15(3)4/h6-8,12-15,21-22,26-27H,9-11H2,1-5H3,(H,28,30)(H,29,32)/t21-,22-/m0/s1. The normalized spacial score (nSPS) is 12.9. The number of para-hydroxylation sites is 1. The summed E-state index contributed by atoms with van der Waals surface area (Å²) in [6.45, 7) is 8.88. The molecule has 2 atom stereocenters. The average molecular weight is 471 g/mol. The van der Waals surface area contributed by atoms with Crippen molar-refractivity contribution < 1.29 is 23.9 Å². The lowest BCUT2D eigenvalue weighted by molar-refractivity contribution is -0.151. The van der Waals surface area contributed by atoms with Gasteiger partial charge in [0.05, 0.1) is 12.3 Å². The van der Waals surface area contributed by atoms with Crippen LogP contribution in [-0.2, 0) is 30.3 Å². The van der Waals surface area contributed by atoms with Crippen LogP contribution in [0.5, 0.6) is 0 Å². The number of aromatic amines is 1. The molecule has 2 aromatic rings. The highest BCUT2D eigenvalue weighted by molar-refractivity contribution is 6.26. The van der Waals surface area contributed by atoms with E-state index in [-0.39, 0.29) is 25.2 Å². The molecule has 0 aliphatic rings. The van der Waals surface area contributed by atoms with Crippen LogP contribution in [0.1, 0.15) is 64.5 Å². The highest BCUT2D eigenvalue weighted by atomic mass is 16.5. The van der Waals surface area contributed by atoms with Gasteiger partial charge in [0.25, 0.3) is 0 Å². The molecule has 0 saturated heterocycles. The first kappa shape index (κ1) is 26.8. The van der Waals surface area contributed by atoms with Gasteiger partial charge in [-0.3, -0.25) is 14.4 Å². The first-order valence-electron chi connectivity index (χ1n) is 11.4. The number of H-pyrrole nitrogens is 1. The summed E-state index contributed by atoms with van der Waals surface area (Å²) in [6, 6.07) is 3.95. The molecular weight excluding hydrogens is 436 g/mol. The fraction of sp³-hybridized carbons (Fsp3) is 0.480. The maximum Gasteiger partial charge on any atom is 0.328 e. The molecule has 2 amide bonds. The molecule has 2 rings (SSSR count). The van der Waals surface area contributed by atoms with Gasteiger partial charge < -0.3 is 25.8 Å². The maximum absolute atomic E-state index is 13.2. The summed E-state index contributed by atoms with van der Waals surface area (Å²) in [5.41, 5.74) is 2.99. The first-order valence-corrected chi connectivity index (χ1v) is 11.4. The van der Waals surface area contributed by atoms with Crippen LogP contribution < -0.4 is 10.6 Å². The molecule has 0 spiro atoms. The van der Waals surface area contributed by atoms with Gasteiger partial charge in [0, 0.05) is 36.9 Å². The molecule has 0 radical (unpaired) electrons. The second-order valence-corrected chi connectivity index (χ2v) is 8.89. The van der Waals surface area contributed by atoms with Crippen molar-refractivity contribution in [2.45, 2.75) is 78.0 Å². The molecule has 0 unspecified atom stereocenters. The van der Waals surface area contributed by atoms with Crippen molar-refractivity contribution in [3.63, 3.8) is 0 Å². The first-order chi connectivity index (χ1) is 16.0. The van der Waals surface area contributed by atoms with Gasteiger partial charge in [0.2, 0.25) is 11.8 Å². The molecular formula is C25H34N4O5. The predicted octanol–water partition coefficient (Wildman–Crippen LogP) is 2.77. The third-order valence-corrected chi connectivity index (χ3v) is 5.37. The highest BCUT2D eigenvalue weighted by Crippen LogP contribution is 2.27. The molecule has 0 fully saturated rings. The third-order valence-electron chi connectivity index (χ3n) is 5.37. The predicted molar refractivity (Wildman–Crippen MR) is 130 cm³/mol. The van der Waals surface area contributed by atoms with Gasteiger partial charge in [-0.1, -0.05) is 32.0 Å². The van der Waals surface area contributed by atoms with E-state index in [0.29, 0.717) is 12.1 Å². The Bertz CT molecular complexity index is 1060. The largest absolute Gasteiger partial charge is 0.461 e. The van der Waals surface area contributed by atoms with Crippen LogP contribution >= 0.6 is 0 Å². The lowest BCUT2D eigenvalue weighted by atomic mass is 9.97. The number of rotatable bonds is 12. The summed E-state index contributed by atoms with van der Waals surface area (Å²) < 4.78 is 5.22. The molecule has 0 saturated carbocycles. The number of benzene rings is 1. The second-order valence-electron chi connectivity index (χ2n) is 8.89. The minimum Gasteiger partial charge on any atom is -0.461 e. The van der Waals surface area contributed by atoms with Gasteiger partial charge in [-0.05, 0) is 37.3 Å². The second kappa shape index (κ2) is 12.1. The molecule has 1 aromatic heterocycles. The zero-order chi connectivity index (χ0) is 25.4. The Morgan fingerprint density at radius 3 is 2.38 bits per heavy atom. The van der Waals surface area contributed by atoms with Crippen molar-refractivity contribution in [3.05, 3.63) is 35.5 Å². The van der Waals surface area contributed by atoms with E-state index < -0.39 is 35.8 Å². The van der Waals surface area contributed by atoms with Crippen LogP contribution in [0.2, 0.25) is 0 Å². The van der Waals surface area contributed by atoms with Crippen LogP contribution in [0, 0.1) is 5.41 Å². The number of nitrogens with one attached hydrogen (secondary N) is 4. The van der Waals surface area contributed by atoms with Crippen LogP contribution in [0.3, 0.4) is 0 Å². The summed E-state index contributed by atoms with van der Waals surface area (Å²) in [6.07, 6.45) is 2.20. The van der Waals surface area contributed by atoms with Crippen molar-refractivity contribution in [3.8, 4) is 0 Å². The Kier molecular flexibility index (Phi) is 9.53. The molecule has 1 aromatic carbocycles. The van der Waals surface area contributed by atoms with Crippen LogP contribution in [0.25, 0.3) is 10.9 Å². The van der Waals surface area contributed by atoms with Gasteiger partial charge in [0.1, 0.15) is 12.1 Å². The zero-order valence-electron chi connectivity index (χ0n) is 20.4. The van der Waals surface area contributed by atoms with Crippen molar-refractivity contribution in [2.75, 3.05) is 0 Å². The molecule has 184 valence electrons. The number of ether oxygens (including phenoxy) is 1. The molecule has 0 bridgehead atoms. The molecule has 4 N–H and O–H groups in total. The Morgan fingerprint density at radius 1 is 1.09 bits per heavy atom. The number of amides is 2. The Balaban J connectivity index is 2.27. The van der Waals surface area contributed by atoms with E-state index in [2.05, 4.69) is 29.5 Å². The van der Waals surface area contributed by atoms with Gasteiger partial charge >= 0.3 is 5.97 Å². The van der Waals surface area contributed by atoms with Crippen LogP contribution in [0.4, 0.5) is 0 Å². The van der Waals surface area contributed by atoms with Crippen molar-refractivity contribution in [2.24, 2.45) is 0 Å². The molecule has 9 nitrogen and oxygen atoms in total. The number of fused-ring (bicyclic) bond motifs is 1. The molecule has 34 heavy (non-hydrogen) atoms. The summed E-state index contributed by atoms with van der Waals surface area (Å²) in [4.78, 5) is 52.4. The van der Waals surface area contributed by atoms with E-state index in [1.54, 1.807) is 13.8 Å². The van der Waals surface area contributed by atoms with Crippen molar-refractivity contribution in [1.29, 1.82) is 5.41 Å². The van der Waals surface area contributed by atoms with Crippen LogP contribution in [-0.4, -0.2) is 53.0 Å². The van der Waals surface area contributed by atoms with E-state index in [9.17, 15) is 19.2 Å². The monoisotopic (exact) mass is 470 g/mol. The number of esters is 1. The van der Waals surface area contributed by atoms with E-state index >= 15 is 0 Å². The summed E-state index contributed by atoms with van der Waals surface area (Å²) in [5, 5.41) is 13.3. The van der Waals surface area contributed by atoms with Crippen molar-refractivity contribution >= 4 is 40.7 Å². The van der Waals surface area contributed by atoms with Crippen molar-refractivity contribution in [1.82, 2.24) is 15.6 Å². The van der Waals surface area contributed by atoms with E-state index in [0.717, 1.165) is 22.0 Å². The van der Waals surface area contributed by atoms with E-state index in [4.69, 9.17) is 10.1 Å². The molecule has 9 heteroatoms. The van der Waals surface area contributed by atoms with Crippen LogP contribution in [0.15, 0.2) is 24.4 Å². The van der Waals surface area contributed by atoms with Gasteiger partial charge in [-0.25, -0.2) is 4.79 Å². The number of hydrogen-bond donors (Lipinski definition) is 4. The molecule has 0 aliphatic carbocycles. The Morgan fingerprint density at radius 2 is 1.79 bits per heavy atom. The molecule has 1 heterocycles. The third kappa shape index (κ3) is 7.26. The molecule has 0 aliphatic heterocycles. The fourth-order valence-corrected chi connectivity index (χ4v) is 3.75. The summed E-state index contributed by atoms with van der Waals surface area (Å²) in [7, 11) is 0. The summed E-state index contributed by atoms with van der Waals surface area (Å²) >= 11 is 0. The number of Topliss-reactive ketones (excluding diaryl/α,β-unsaturated/α-hetero) is 1. The summed E-state index contributed by atoms with van der Waals surface area (Å²) in [5.74, 6) is -1.77. The fourth-order valence-electron chi connectivity index (χ4n) is 3.75. The maximum atomic E-state index is 13.2. The zero-order valence-corrected chi connectivity index (χ0v) is 20.4. The number of ketones is 1. The topological polar surface area (TPSA) is 141 Å². The van der Waals surface area contributed by atoms with Gasteiger partial charge in [-0.15, -0.1) is 0 Å². The Labute approximate surface area is 199 Å². The number of carbonyl (C=O) groups is 4.